The fourth-order valence-corrected chi connectivity index (χ4v) is 4.00. The van der Waals surface area contributed by atoms with E-state index in [9.17, 15) is 9.90 Å². The molecule has 0 radical (unpaired) electrons. The van der Waals surface area contributed by atoms with Crippen LogP contribution in [0.25, 0.3) is 0 Å². The first-order valence-corrected chi connectivity index (χ1v) is 9.66. The topological polar surface area (TPSA) is 71.0 Å². The molecule has 3 unspecified atom stereocenters. The van der Waals surface area contributed by atoms with Crippen molar-refractivity contribution in [3.8, 4) is 0 Å². The van der Waals surface area contributed by atoms with E-state index in [4.69, 9.17) is 9.47 Å². The second-order valence-corrected chi connectivity index (χ2v) is 7.41. The second-order valence-electron chi connectivity index (χ2n) is 7.41. The van der Waals surface area contributed by atoms with Gasteiger partial charge in [-0.25, -0.2) is 0 Å². The first-order valence-electron chi connectivity index (χ1n) is 9.66. The average molecular weight is 340 g/mol. The van der Waals surface area contributed by atoms with Gasteiger partial charge in [0, 0.05) is 25.7 Å². The van der Waals surface area contributed by atoms with E-state index < -0.39 is 12.2 Å². The number of nitrogens with zero attached hydrogens (tertiary/aromatic N) is 1. The summed E-state index contributed by atoms with van der Waals surface area (Å²) < 4.78 is 11.3. The Kier molecular flexibility index (Phi) is 6.89. The monoisotopic (exact) mass is 340 g/mol. The Bertz CT molecular complexity index is 394. The van der Waals surface area contributed by atoms with E-state index in [0.717, 1.165) is 58.5 Å². The summed E-state index contributed by atoms with van der Waals surface area (Å²) >= 11 is 0. The number of carbonyl (C=O) groups excluding carboxylic acids is 1. The van der Waals surface area contributed by atoms with E-state index >= 15 is 0 Å². The molecule has 0 bridgehead atoms. The van der Waals surface area contributed by atoms with E-state index in [-0.39, 0.29) is 18.1 Å². The lowest BCUT2D eigenvalue weighted by Crippen LogP contribution is -2.52. The van der Waals surface area contributed by atoms with Crippen molar-refractivity contribution in [2.24, 2.45) is 0 Å². The maximum absolute atomic E-state index is 12.5. The predicted octanol–water partition coefficient (Wildman–Crippen LogP) is 1.07. The number of hydrogen-bond acceptors (Lipinski definition) is 5. The second kappa shape index (κ2) is 9.13. The van der Waals surface area contributed by atoms with Crippen molar-refractivity contribution in [3.05, 3.63) is 0 Å². The van der Waals surface area contributed by atoms with E-state index in [0.29, 0.717) is 6.42 Å². The van der Waals surface area contributed by atoms with Crippen LogP contribution in [0, 0.1) is 0 Å². The highest BCUT2D eigenvalue weighted by Crippen LogP contribution is 2.24. The highest BCUT2D eigenvalue weighted by molar-refractivity contribution is 5.81. The number of nitrogens with one attached hydrogen (secondary N) is 1. The van der Waals surface area contributed by atoms with Crippen molar-refractivity contribution in [1.82, 2.24) is 10.2 Å². The van der Waals surface area contributed by atoms with Crippen molar-refractivity contribution < 1.29 is 19.4 Å². The molecule has 24 heavy (non-hydrogen) atoms. The molecule has 0 aromatic rings. The van der Waals surface area contributed by atoms with Crippen LogP contribution in [0.1, 0.15) is 51.4 Å². The number of rotatable bonds is 5. The van der Waals surface area contributed by atoms with Gasteiger partial charge in [0.05, 0.1) is 25.4 Å². The lowest BCUT2D eigenvalue weighted by molar-refractivity contribution is -0.159. The number of morpholine rings is 1. The lowest BCUT2D eigenvalue weighted by Gasteiger charge is -2.35. The molecule has 3 fully saturated rings. The molecule has 138 valence electrons. The Hall–Kier alpha value is -0.690. The highest BCUT2D eigenvalue weighted by Gasteiger charge is 2.36. The van der Waals surface area contributed by atoms with Crippen LogP contribution in [0.4, 0.5) is 0 Å². The fraction of sp³-hybridized carbons (Fsp3) is 0.944. The zero-order chi connectivity index (χ0) is 16.8. The smallest absolute Gasteiger partial charge is 0.252 e. The van der Waals surface area contributed by atoms with Crippen molar-refractivity contribution in [2.75, 3.05) is 32.8 Å². The summed E-state index contributed by atoms with van der Waals surface area (Å²) in [6.45, 7) is 4.52. The summed E-state index contributed by atoms with van der Waals surface area (Å²) in [7, 11) is 0. The molecule has 1 saturated carbocycles. The van der Waals surface area contributed by atoms with E-state index in [1.807, 2.05) is 0 Å². The summed E-state index contributed by atoms with van der Waals surface area (Å²) in [5, 5.41) is 13.3. The minimum Gasteiger partial charge on any atom is -0.390 e. The lowest BCUT2D eigenvalue weighted by atomic mass is 9.94. The summed E-state index contributed by atoms with van der Waals surface area (Å²) in [4.78, 5) is 14.9. The molecule has 6 nitrogen and oxygen atoms in total. The zero-order valence-corrected chi connectivity index (χ0v) is 14.6. The van der Waals surface area contributed by atoms with Gasteiger partial charge >= 0.3 is 0 Å². The zero-order valence-electron chi connectivity index (χ0n) is 14.6. The van der Waals surface area contributed by atoms with E-state index in [1.54, 1.807) is 0 Å². The standard InChI is InChI=1S/C18H32N2O4/c21-16-7-6-15(8-9-20-10-12-23-13-11-20)24-17(16)18(22)19-14-4-2-1-3-5-14/h14-17,21H,1-13H2,(H,19,22). The number of ether oxygens (including phenoxy) is 2. The van der Waals surface area contributed by atoms with Crippen molar-refractivity contribution in [1.29, 1.82) is 0 Å². The minimum atomic E-state index is -0.699. The van der Waals surface area contributed by atoms with Crippen LogP contribution < -0.4 is 5.32 Å². The summed E-state index contributed by atoms with van der Waals surface area (Å²) in [6, 6.07) is 0.260. The molecule has 1 amide bonds. The first-order chi connectivity index (χ1) is 11.7. The summed E-state index contributed by atoms with van der Waals surface area (Å²) in [5.74, 6) is -0.120. The van der Waals surface area contributed by atoms with Gasteiger partial charge < -0.3 is 19.9 Å². The number of carbonyl (C=O) groups is 1. The molecule has 3 rings (SSSR count). The number of hydrogen-bond donors (Lipinski definition) is 2. The minimum absolute atomic E-state index is 0.0679. The van der Waals surface area contributed by atoms with E-state index in [2.05, 4.69) is 10.2 Å². The molecule has 0 aromatic heterocycles. The molecule has 0 aromatic carbocycles. The van der Waals surface area contributed by atoms with Gasteiger partial charge in [-0.1, -0.05) is 19.3 Å². The van der Waals surface area contributed by atoms with Crippen LogP contribution in [0.15, 0.2) is 0 Å². The van der Waals surface area contributed by atoms with Gasteiger partial charge in [-0.2, -0.15) is 0 Å². The Balaban J connectivity index is 1.44. The van der Waals surface area contributed by atoms with Gasteiger partial charge in [0.1, 0.15) is 0 Å². The highest BCUT2D eigenvalue weighted by atomic mass is 16.5. The van der Waals surface area contributed by atoms with Crippen LogP contribution in [0.2, 0.25) is 0 Å². The number of aliphatic hydroxyl groups is 1. The molecule has 6 heteroatoms. The van der Waals surface area contributed by atoms with Gasteiger partial charge in [0.25, 0.3) is 5.91 Å². The normalized spacial score (nSPS) is 33.3. The molecular weight excluding hydrogens is 308 g/mol. The molecule has 1 aliphatic carbocycles. The van der Waals surface area contributed by atoms with Crippen molar-refractivity contribution >= 4 is 5.91 Å². The van der Waals surface area contributed by atoms with Crippen molar-refractivity contribution in [3.63, 3.8) is 0 Å². The molecule has 2 aliphatic heterocycles. The third-order valence-electron chi connectivity index (χ3n) is 5.55. The number of amides is 1. The van der Waals surface area contributed by atoms with Gasteiger partial charge in [-0.15, -0.1) is 0 Å². The molecule has 0 spiro atoms. The van der Waals surface area contributed by atoms with Gasteiger partial charge in [0.15, 0.2) is 6.10 Å². The molecule has 2 saturated heterocycles. The quantitative estimate of drug-likeness (QED) is 0.783. The van der Waals surface area contributed by atoms with E-state index in [1.165, 1.54) is 19.3 Å². The third kappa shape index (κ3) is 5.15. The van der Waals surface area contributed by atoms with Crippen LogP contribution >= 0.6 is 0 Å². The molecule has 2 N–H and O–H groups in total. The molecule has 2 heterocycles. The predicted molar refractivity (Wildman–Crippen MR) is 90.8 cm³/mol. The fourth-order valence-electron chi connectivity index (χ4n) is 4.00. The van der Waals surface area contributed by atoms with Crippen LogP contribution in [0.3, 0.4) is 0 Å². The van der Waals surface area contributed by atoms with Crippen LogP contribution in [-0.2, 0) is 14.3 Å². The Morgan fingerprint density at radius 1 is 1.08 bits per heavy atom. The number of aliphatic hydroxyl groups excluding tert-OH is 1. The maximum Gasteiger partial charge on any atom is 0.252 e. The Morgan fingerprint density at radius 2 is 1.83 bits per heavy atom. The Morgan fingerprint density at radius 3 is 2.58 bits per heavy atom. The largest absolute Gasteiger partial charge is 0.390 e. The molecule has 3 aliphatic rings. The first kappa shape index (κ1) is 18.1. The summed E-state index contributed by atoms with van der Waals surface area (Å²) in [5.41, 5.74) is 0. The maximum atomic E-state index is 12.5. The average Bonchev–Trinajstić information content (AvgIpc) is 2.62. The van der Waals surface area contributed by atoms with Gasteiger partial charge in [0.2, 0.25) is 0 Å². The molecular formula is C18H32N2O4. The van der Waals surface area contributed by atoms with Crippen LogP contribution in [0.5, 0.6) is 0 Å². The third-order valence-corrected chi connectivity index (χ3v) is 5.55. The van der Waals surface area contributed by atoms with Crippen LogP contribution in [-0.4, -0.2) is 73.1 Å². The Labute approximate surface area is 144 Å². The SMILES string of the molecule is O=C(NC1CCCCC1)C1OC(CCN2CCOCC2)CCC1O. The summed E-state index contributed by atoms with van der Waals surface area (Å²) in [6.07, 6.45) is 6.82. The van der Waals surface area contributed by atoms with Gasteiger partial charge in [-0.3, -0.25) is 9.69 Å². The van der Waals surface area contributed by atoms with Gasteiger partial charge in [-0.05, 0) is 32.1 Å². The van der Waals surface area contributed by atoms with Crippen molar-refractivity contribution in [2.45, 2.75) is 75.7 Å². The molecule has 3 atom stereocenters.